The second-order valence-corrected chi connectivity index (χ2v) is 8.76. The second-order valence-electron chi connectivity index (χ2n) is 8.76. The van der Waals surface area contributed by atoms with Crippen molar-refractivity contribution >= 4 is 12.1 Å². The van der Waals surface area contributed by atoms with Crippen molar-refractivity contribution < 1.29 is 9.53 Å². The number of ether oxygens (including phenoxy) is 1. The minimum Gasteiger partial charge on any atom is -0.489 e. The molecule has 3 rings (SSSR count). The molecule has 0 bridgehead atoms. The summed E-state index contributed by atoms with van der Waals surface area (Å²) in [4.78, 5) is 12.1. The Kier molecular flexibility index (Phi) is 7.24. The summed E-state index contributed by atoms with van der Waals surface area (Å²) < 4.78 is 5.81. The summed E-state index contributed by atoms with van der Waals surface area (Å²) in [6, 6.07) is 24.1. The Hall–Kier alpha value is -3.40. The number of benzene rings is 3. The Morgan fingerprint density at radius 3 is 2.13 bits per heavy atom. The Bertz CT molecular complexity index is 1010. The maximum absolute atomic E-state index is 12.1. The number of rotatable bonds is 7. The summed E-state index contributed by atoms with van der Waals surface area (Å²) in [7, 11) is 0. The molecule has 0 aromatic heterocycles. The summed E-state index contributed by atoms with van der Waals surface area (Å²) in [5.41, 5.74) is 8.16. The van der Waals surface area contributed by atoms with Crippen LogP contribution < -0.4 is 10.2 Å². The minimum atomic E-state index is -0.141. The Balaban J connectivity index is 1.45. The van der Waals surface area contributed by atoms with Gasteiger partial charge in [-0.3, -0.25) is 4.79 Å². The highest BCUT2D eigenvalue weighted by atomic mass is 16.5. The molecule has 0 unspecified atom stereocenters. The number of nitrogens with one attached hydrogen (secondary N) is 1. The van der Waals surface area contributed by atoms with Crippen LogP contribution in [0.15, 0.2) is 77.9 Å². The molecule has 3 aromatic rings. The van der Waals surface area contributed by atoms with Crippen LogP contribution in [0.5, 0.6) is 5.75 Å². The van der Waals surface area contributed by atoms with Gasteiger partial charge in [-0.25, -0.2) is 5.43 Å². The largest absolute Gasteiger partial charge is 0.489 e. The zero-order chi connectivity index (χ0) is 22.3. The molecule has 4 nitrogen and oxygen atoms in total. The van der Waals surface area contributed by atoms with E-state index in [4.69, 9.17) is 4.74 Å². The number of carbonyl (C=O) groups excluding carboxylic acids is 1. The molecule has 1 N–H and O–H groups in total. The van der Waals surface area contributed by atoms with Gasteiger partial charge in [-0.05, 0) is 58.9 Å². The first-order valence-corrected chi connectivity index (χ1v) is 10.5. The van der Waals surface area contributed by atoms with Gasteiger partial charge in [0, 0.05) is 0 Å². The smallest absolute Gasteiger partial charge is 0.244 e. The van der Waals surface area contributed by atoms with Gasteiger partial charge in [0.15, 0.2) is 0 Å². The van der Waals surface area contributed by atoms with Crippen molar-refractivity contribution in [3.05, 3.63) is 101 Å². The van der Waals surface area contributed by atoms with Crippen LogP contribution in [0.25, 0.3) is 0 Å². The first-order chi connectivity index (χ1) is 14.8. The van der Waals surface area contributed by atoms with Crippen molar-refractivity contribution in [2.45, 2.75) is 46.1 Å². The number of carbonyl (C=O) groups is 1. The lowest BCUT2D eigenvalue weighted by Crippen LogP contribution is -2.20. The minimum absolute atomic E-state index is 0.104. The van der Waals surface area contributed by atoms with E-state index in [1.165, 1.54) is 11.1 Å². The molecule has 4 heteroatoms. The van der Waals surface area contributed by atoms with Gasteiger partial charge in [-0.1, -0.05) is 74.9 Å². The molecule has 31 heavy (non-hydrogen) atoms. The quantitative estimate of drug-likeness (QED) is 0.406. The van der Waals surface area contributed by atoms with Crippen LogP contribution in [0.2, 0.25) is 0 Å². The van der Waals surface area contributed by atoms with E-state index in [-0.39, 0.29) is 11.3 Å². The molecule has 3 aromatic carbocycles. The maximum Gasteiger partial charge on any atom is 0.244 e. The van der Waals surface area contributed by atoms with Crippen LogP contribution in [0.3, 0.4) is 0 Å². The van der Waals surface area contributed by atoms with E-state index >= 15 is 0 Å². The summed E-state index contributed by atoms with van der Waals surface area (Å²) >= 11 is 0. The number of hydrazone groups is 1. The van der Waals surface area contributed by atoms with Crippen LogP contribution in [-0.2, 0) is 23.2 Å². The molecule has 0 fully saturated rings. The molecule has 0 saturated heterocycles. The molecule has 0 saturated carbocycles. The fourth-order valence-corrected chi connectivity index (χ4v) is 3.03. The summed E-state index contributed by atoms with van der Waals surface area (Å²) in [6.07, 6.45) is 1.93. The van der Waals surface area contributed by atoms with Crippen molar-refractivity contribution in [2.75, 3.05) is 0 Å². The van der Waals surface area contributed by atoms with Crippen molar-refractivity contribution in [2.24, 2.45) is 5.10 Å². The zero-order valence-electron chi connectivity index (χ0n) is 18.7. The molecule has 160 valence electrons. The van der Waals surface area contributed by atoms with Crippen LogP contribution in [0.4, 0.5) is 0 Å². The lowest BCUT2D eigenvalue weighted by atomic mass is 9.86. The average Bonchev–Trinajstić information content (AvgIpc) is 2.74. The average molecular weight is 415 g/mol. The molecular formula is C27H30N2O2. The molecular weight excluding hydrogens is 384 g/mol. The van der Waals surface area contributed by atoms with Gasteiger partial charge < -0.3 is 4.74 Å². The number of hydrogen-bond donors (Lipinski definition) is 1. The van der Waals surface area contributed by atoms with Gasteiger partial charge in [0.2, 0.25) is 5.91 Å². The standard InChI is InChI=1S/C27H30N2O2/c1-20-5-7-23(8-6-20)19-31-25-15-11-22(12-16-25)18-28-29-26(30)17-21-9-13-24(14-10-21)27(2,3)4/h5-16,18H,17,19H2,1-4H3,(H,29,30)/b28-18-. The zero-order valence-corrected chi connectivity index (χ0v) is 18.7. The maximum atomic E-state index is 12.1. The van der Waals surface area contributed by atoms with Crippen molar-refractivity contribution in [1.82, 2.24) is 5.43 Å². The highest BCUT2D eigenvalue weighted by molar-refractivity contribution is 5.83. The van der Waals surface area contributed by atoms with Crippen molar-refractivity contribution in [3.63, 3.8) is 0 Å². The molecule has 0 aliphatic rings. The number of nitrogens with zero attached hydrogens (tertiary/aromatic N) is 1. The third-order valence-electron chi connectivity index (χ3n) is 4.99. The van der Waals surface area contributed by atoms with Gasteiger partial charge in [-0.15, -0.1) is 0 Å². The summed E-state index contributed by atoms with van der Waals surface area (Å²) in [5.74, 6) is 0.651. The van der Waals surface area contributed by atoms with Crippen LogP contribution >= 0.6 is 0 Å². The lowest BCUT2D eigenvalue weighted by molar-refractivity contribution is -0.120. The number of amides is 1. The van der Waals surface area contributed by atoms with Crippen LogP contribution in [0.1, 0.15) is 48.6 Å². The van der Waals surface area contributed by atoms with E-state index < -0.39 is 0 Å². The van der Waals surface area contributed by atoms with E-state index in [2.05, 4.69) is 74.6 Å². The van der Waals surface area contributed by atoms with E-state index in [0.717, 1.165) is 22.4 Å². The number of hydrogen-bond acceptors (Lipinski definition) is 3. The van der Waals surface area contributed by atoms with Crippen LogP contribution in [-0.4, -0.2) is 12.1 Å². The molecule has 0 radical (unpaired) electrons. The second kappa shape index (κ2) is 10.1. The van der Waals surface area contributed by atoms with Crippen LogP contribution in [0, 0.1) is 6.92 Å². The van der Waals surface area contributed by atoms with Crippen molar-refractivity contribution in [1.29, 1.82) is 0 Å². The fourth-order valence-electron chi connectivity index (χ4n) is 3.03. The SMILES string of the molecule is Cc1ccc(COc2ccc(/C=N\NC(=O)Cc3ccc(C(C)(C)C)cc3)cc2)cc1. The lowest BCUT2D eigenvalue weighted by Gasteiger charge is -2.19. The third kappa shape index (κ3) is 7.10. The number of aryl methyl sites for hydroxylation is 1. The Morgan fingerprint density at radius 2 is 1.52 bits per heavy atom. The molecule has 0 aliphatic carbocycles. The molecule has 1 amide bonds. The highest BCUT2D eigenvalue weighted by Crippen LogP contribution is 2.22. The fraction of sp³-hybridized carbons (Fsp3) is 0.259. The Morgan fingerprint density at radius 1 is 0.903 bits per heavy atom. The van der Waals surface area contributed by atoms with Gasteiger partial charge in [0.05, 0.1) is 12.6 Å². The summed E-state index contributed by atoms with van der Waals surface area (Å²) in [6.45, 7) is 9.11. The molecule has 0 aliphatic heterocycles. The van der Waals surface area contributed by atoms with E-state index in [1.54, 1.807) is 6.21 Å². The van der Waals surface area contributed by atoms with Gasteiger partial charge in [0.25, 0.3) is 0 Å². The predicted octanol–water partition coefficient (Wildman–Crippen LogP) is 5.56. The van der Waals surface area contributed by atoms with Crippen molar-refractivity contribution in [3.8, 4) is 5.75 Å². The first kappa shape index (κ1) is 22.3. The van der Waals surface area contributed by atoms with E-state index in [9.17, 15) is 4.79 Å². The predicted molar refractivity (Wildman–Crippen MR) is 127 cm³/mol. The molecule has 0 atom stereocenters. The molecule has 0 spiro atoms. The highest BCUT2D eigenvalue weighted by Gasteiger charge is 2.13. The van der Waals surface area contributed by atoms with Gasteiger partial charge in [0.1, 0.15) is 12.4 Å². The first-order valence-electron chi connectivity index (χ1n) is 10.5. The van der Waals surface area contributed by atoms with E-state index in [0.29, 0.717) is 13.0 Å². The van der Waals surface area contributed by atoms with Gasteiger partial charge >= 0.3 is 0 Å². The monoisotopic (exact) mass is 414 g/mol. The normalized spacial score (nSPS) is 11.5. The third-order valence-corrected chi connectivity index (χ3v) is 4.99. The summed E-state index contributed by atoms with van der Waals surface area (Å²) in [5, 5.41) is 4.06. The topological polar surface area (TPSA) is 50.7 Å². The van der Waals surface area contributed by atoms with Gasteiger partial charge in [-0.2, -0.15) is 5.10 Å². The molecule has 0 heterocycles. The van der Waals surface area contributed by atoms with E-state index in [1.807, 2.05) is 36.4 Å². The Labute approximate surface area is 185 Å².